The maximum absolute atomic E-state index is 11.4. The molecule has 0 unspecified atom stereocenters. The zero-order valence-corrected chi connectivity index (χ0v) is 17.1. The zero-order valence-electron chi connectivity index (χ0n) is 17.1. The van der Waals surface area contributed by atoms with E-state index < -0.39 is 0 Å². The van der Waals surface area contributed by atoms with Crippen LogP contribution in [-0.2, 0) is 4.79 Å². The van der Waals surface area contributed by atoms with Crippen LogP contribution in [0.2, 0.25) is 0 Å². The molecule has 1 aliphatic carbocycles. The van der Waals surface area contributed by atoms with Crippen LogP contribution in [0.1, 0.15) is 86.5 Å². The van der Waals surface area contributed by atoms with Crippen molar-refractivity contribution < 1.29 is 10.0 Å². The number of hydrogen-bond donors (Lipinski definition) is 1. The van der Waals surface area contributed by atoms with E-state index in [9.17, 15) is 10.0 Å². The average molecular weight is 343 g/mol. The van der Waals surface area contributed by atoms with Crippen molar-refractivity contribution >= 4 is 5.78 Å². The van der Waals surface area contributed by atoms with Gasteiger partial charge in [0.15, 0.2) is 0 Å². The summed E-state index contributed by atoms with van der Waals surface area (Å²) in [6.45, 7) is 14.9. The Hall–Kier alpha value is -0.450. The fraction of sp³-hybridized carbons (Fsp3) is 0.950. The summed E-state index contributed by atoms with van der Waals surface area (Å²) in [4.78, 5) is 14.0. The van der Waals surface area contributed by atoms with Gasteiger partial charge in [-0.3, -0.25) is 4.79 Å². The summed E-state index contributed by atoms with van der Waals surface area (Å²) in [5, 5.41) is 11.2. The highest BCUT2D eigenvalue weighted by Gasteiger charge is 2.31. The Morgan fingerprint density at radius 1 is 1.00 bits per heavy atom. The average Bonchev–Trinajstić information content (AvgIpc) is 2.63. The number of likely N-dealkylation sites (tertiary alicyclic amines) is 1. The second-order valence-corrected chi connectivity index (χ2v) is 6.85. The normalized spacial score (nSPS) is 25.3. The first kappa shape index (κ1) is 23.5. The summed E-state index contributed by atoms with van der Waals surface area (Å²) in [6.07, 6.45) is 7.87. The van der Waals surface area contributed by atoms with Crippen molar-refractivity contribution in [3.8, 4) is 0 Å². The van der Waals surface area contributed by atoms with Gasteiger partial charge in [-0.15, -0.1) is 0 Å². The van der Waals surface area contributed by atoms with Crippen molar-refractivity contribution in [1.29, 1.82) is 0 Å². The van der Waals surface area contributed by atoms with Gasteiger partial charge >= 0.3 is 0 Å². The number of hydroxylamine groups is 2. The van der Waals surface area contributed by atoms with Gasteiger partial charge in [-0.2, -0.15) is 5.06 Å². The van der Waals surface area contributed by atoms with Gasteiger partial charge in [0.2, 0.25) is 0 Å². The maximum atomic E-state index is 11.4. The molecule has 2 fully saturated rings. The number of nitrogens with zero attached hydrogens (tertiary/aromatic N) is 2. The number of carbonyl (C=O) groups excluding carboxylic acids is 1. The predicted octanol–water partition coefficient (Wildman–Crippen LogP) is 4.75. The monoisotopic (exact) mass is 342 g/mol. The lowest BCUT2D eigenvalue weighted by Gasteiger charge is -2.41. The number of hydrogen-bond acceptors (Lipinski definition) is 4. The van der Waals surface area contributed by atoms with E-state index in [1.165, 1.54) is 24.3 Å². The molecule has 0 atom stereocenters. The largest absolute Gasteiger partial charge is 0.314 e. The SMILES string of the molecule is CC.CCC.CCN(O)C1CCN(C2CCC(C(C)=O)CC2)CC1. The van der Waals surface area contributed by atoms with Crippen LogP contribution in [0.4, 0.5) is 0 Å². The third-order valence-electron chi connectivity index (χ3n) is 5.03. The molecule has 2 aliphatic rings. The van der Waals surface area contributed by atoms with Crippen LogP contribution in [-0.4, -0.2) is 52.7 Å². The van der Waals surface area contributed by atoms with Gasteiger partial charge in [0, 0.05) is 37.6 Å². The minimum atomic E-state index is 0.321. The van der Waals surface area contributed by atoms with Gasteiger partial charge in [0.25, 0.3) is 0 Å². The highest BCUT2D eigenvalue weighted by molar-refractivity contribution is 5.78. The van der Waals surface area contributed by atoms with Crippen molar-refractivity contribution in [3.63, 3.8) is 0 Å². The second-order valence-electron chi connectivity index (χ2n) is 6.85. The van der Waals surface area contributed by atoms with Crippen LogP contribution < -0.4 is 0 Å². The summed E-state index contributed by atoms with van der Waals surface area (Å²) in [5.74, 6) is 0.692. The van der Waals surface area contributed by atoms with Crippen molar-refractivity contribution in [3.05, 3.63) is 0 Å². The Kier molecular flexibility index (Phi) is 13.5. The fourth-order valence-electron chi connectivity index (χ4n) is 3.65. The van der Waals surface area contributed by atoms with E-state index in [0.29, 0.717) is 30.3 Å². The number of Topliss-reactive ketones (excluding diaryl/α,β-unsaturated/α-hetero) is 1. The molecule has 0 spiro atoms. The third kappa shape index (κ3) is 8.09. The molecule has 4 heteroatoms. The van der Waals surface area contributed by atoms with Crippen LogP contribution in [0.5, 0.6) is 0 Å². The molecule has 1 saturated heterocycles. The highest BCUT2D eigenvalue weighted by atomic mass is 16.5. The van der Waals surface area contributed by atoms with Crippen LogP contribution in [0.3, 0.4) is 0 Å². The molecule has 1 aliphatic heterocycles. The molecule has 1 heterocycles. The second kappa shape index (κ2) is 13.8. The lowest BCUT2D eigenvalue weighted by molar-refractivity contribution is -0.137. The molecule has 2 rings (SSSR count). The summed E-state index contributed by atoms with van der Waals surface area (Å²) in [6, 6.07) is 1.01. The van der Waals surface area contributed by atoms with Gasteiger partial charge in [0.1, 0.15) is 5.78 Å². The molecule has 0 amide bonds. The Labute approximate surface area is 150 Å². The smallest absolute Gasteiger partial charge is 0.132 e. The first-order valence-electron chi connectivity index (χ1n) is 10.2. The summed E-state index contributed by atoms with van der Waals surface area (Å²) < 4.78 is 0. The van der Waals surface area contributed by atoms with Crippen molar-refractivity contribution in [2.45, 2.75) is 98.6 Å². The van der Waals surface area contributed by atoms with E-state index in [4.69, 9.17) is 0 Å². The van der Waals surface area contributed by atoms with E-state index in [2.05, 4.69) is 18.7 Å². The Morgan fingerprint density at radius 3 is 1.83 bits per heavy atom. The molecule has 0 aromatic heterocycles. The first-order valence-corrected chi connectivity index (χ1v) is 10.2. The molecule has 0 radical (unpaired) electrons. The van der Waals surface area contributed by atoms with E-state index in [0.717, 1.165) is 38.8 Å². The number of rotatable bonds is 4. The summed E-state index contributed by atoms with van der Waals surface area (Å²) >= 11 is 0. The van der Waals surface area contributed by atoms with Crippen LogP contribution in [0.15, 0.2) is 0 Å². The predicted molar refractivity (Wildman–Crippen MR) is 103 cm³/mol. The highest BCUT2D eigenvalue weighted by Crippen LogP contribution is 2.30. The minimum Gasteiger partial charge on any atom is -0.314 e. The van der Waals surface area contributed by atoms with E-state index in [1.807, 2.05) is 20.8 Å². The van der Waals surface area contributed by atoms with Gasteiger partial charge < -0.3 is 10.1 Å². The van der Waals surface area contributed by atoms with Crippen LogP contribution >= 0.6 is 0 Å². The Morgan fingerprint density at radius 2 is 1.46 bits per heavy atom. The van der Waals surface area contributed by atoms with Gasteiger partial charge in [-0.05, 0) is 45.4 Å². The zero-order chi connectivity index (χ0) is 18.5. The standard InChI is InChI=1S/C15H28N2O2.C3H8.C2H6/c1-3-17(19)15-8-10-16(11-9-15)14-6-4-13(5-7-14)12(2)18;1-3-2;1-2/h13-15,19H,3-11H2,1-2H3;3H2,1-2H3;1-2H3. The van der Waals surface area contributed by atoms with Gasteiger partial charge in [-0.1, -0.05) is 41.0 Å². The minimum absolute atomic E-state index is 0.321. The Balaban J connectivity index is 0.000000952. The quantitative estimate of drug-likeness (QED) is 0.749. The van der Waals surface area contributed by atoms with Crippen LogP contribution in [0, 0.1) is 5.92 Å². The molecule has 4 nitrogen and oxygen atoms in total. The number of carbonyl (C=O) groups is 1. The van der Waals surface area contributed by atoms with E-state index >= 15 is 0 Å². The lowest BCUT2D eigenvalue weighted by atomic mass is 9.82. The number of ketones is 1. The van der Waals surface area contributed by atoms with Gasteiger partial charge in [-0.25, -0.2) is 0 Å². The molecule has 0 bridgehead atoms. The van der Waals surface area contributed by atoms with Gasteiger partial charge in [0.05, 0.1) is 0 Å². The first-order chi connectivity index (χ1) is 11.5. The maximum Gasteiger partial charge on any atom is 0.132 e. The van der Waals surface area contributed by atoms with Crippen molar-refractivity contribution in [2.75, 3.05) is 19.6 Å². The topological polar surface area (TPSA) is 43.8 Å². The Bertz CT molecular complexity index is 307. The molecule has 0 aromatic carbocycles. The molecular weight excluding hydrogens is 300 g/mol. The summed E-state index contributed by atoms with van der Waals surface area (Å²) in [5.41, 5.74) is 0. The van der Waals surface area contributed by atoms with E-state index in [1.54, 1.807) is 6.92 Å². The van der Waals surface area contributed by atoms with Crippen molar-refractivity contribution in [1.82, 2.24) is 9.96 Å². The third-order valence-corrected chi connectivity index (χ3v) is 5.03. The van der Waals surface area contributed by atoms with Crippen LogP contribution in [0.25, 0.3) is 0 Å². The fourth-order valence-corrected chi connectivity index (χ4v) is 3.65. The molecule has 24 heavy (non-hydrogen) atoms. The van der Waals surface area contributed by atoms with E-state index in [-0.39, 0.29) is 0 Å². The van der Waals surface area contributed by atoms with Crippen molar-refractivity contribution in [2.24, 2.45) is 5.92 Å². The lowest BCUT2D eigenvalue weighted by Crippen LogP contribution is -2.48. The molecule has 0 aromatic rings. The molecule has 1 N–H and O–H groups in total. The molecular formula is C20H42N2O2. The molecule has 144 valence electrons. The summed E-state index contributed by atoms with van der Waals surface area (Å²) in [7, 11) is 0. The number of piperidine rings is 1. The molecule has 1 saturated carbocycles.